The van der Waals surface area contributed by atoms with Crippen LogP contribution in [0.2, 0.25) is 0 Å². The van der Waals surface area contributed by atoms with Gasteiger partial charge < -0.3 is 5.11 Å². The Morgan fingerprint density at radius 3 is 2.15 bits per heavy atom. The normalized spacial score (nSPS) is 11.6. The van der Waals surface area contributed by atoms with Gasteiger partial charge in [0.05, 0.1) is 0 Å². The zero-order chi connectivity index (χ0) is 10.5. The number of carbonyl (C=O) groups excluding carboxylic acids is 1. The summed E-state index contributed by atoms with van der Waals surface area (Å²) in [4.78, 5) is 20.9. The minimum absolute atomic E-state index is 0.243. The molecule has 0 aromatic carbocycles. The molecule has 3 N–H and O–H groups in total. The largest absolute Gasteiger partial charge is 0.478 e. The van der Waals surface area contributed by atoms with Gasteiger partial charge in [0.15, 0.2) is 0 Å². The maximum absolute atomic E-state index is 10.9. The second-order valence-electron chi connectivity index (χ2n) is 3.54. The fourth-order valence-electron chi connectivity index (χ4n) is 0.438. The van der Waals surface area contributed by atoms with Gasteiger partial charge in [-0.05, 0) is 20.8 Å². The second kappa shape index (κ2) is 4.61. The number of hydrazine groups is 1. The van der Waals surface area contributed by atoms with Gasteiger partial charge in [0.25, 0.3) is 5.91 Å². The van der Waals surface area contributed by atoms with E-state index >= 15 is 0 Å². The van der Waals surface area contributed by atoms with Gasteiger partial charge in [-0.25, -0.2) is 10.2 Å². The monoisotopic (exact) mass is 186 g/mol. The molecule has 0 aromatic rings. The molecule has 0 heterocycles. The average Bonchev–Trinajstić information content (AvgIpc) is 1.95. The van der Waals surface area contributed by atoms with Crippen LogP contribution in [0.25, 0.3) is 0 Å². The molecule has 0 fully saturated rings. The van der Waals surface area contributed by atoms with E-state index in [1.165, 1.54) is 0 Å². The molecule has 13 heavy (non-hydrogen) atoms. The topological polar surface area (TPSA) is 78.4 Å². The zero-order valence-electron chi connectivity index (χ0n) is 7.92. The lowest BCUT2D eigenvalue weighted by Crippen LogP contribution is -2.48. The van der Waals surface area contributed by atoms with Crippen LogP contribution in [0.1, 0.15) is 20.8 Å². The summed E-state index contributed by atoms with van der Waals surface area (Å²) in [6, 6.07) is 0. The van der Waals surface area contributed by atoms with E-state index in [0.717, 1.165) is 12.2 Å². The van der Waals surface area contributed by atoms with Crippen molar-refractivity contribution in [2.45, 2.75) is 26.3 Å². The average molecular weight is 186 g/mol. The van der Waals surface area contributed by atoms with Crippen LogP contribution in [0.4, 0.5) is 0 Å². The first-order valence-electron chi connectivity index (χ1n) is 3.79. The Kier molecular flexibility index (Phi) is 4.13. The molecule has 5 heteroatoms. The summed E-state index contributed by atoms with van der Waals surface area (Å²) < 4.78 is 0. The predicted molar refractivity (Wildman–Crippen MR) is 47.8 cm³/mol. The van der Waals surface area contributed by atoms with Crippen LogP contribution in [-0.4, -0.2) is 22.5 Å². The van der Waals surface area contributed by atoms with Crippen molar-refractivity contribution < 1.29 is 14.7 Å². The Bertz CT molecular complexity index is 228. The highest BCUT2D eigenvalue weighted by atomic mass is 16.4. The molecule has 0 saturated heterocycles. The minimum atomic E-state index is -1.15. The van der Waals surface area contributed by atoms with Crippen molar-refractivity contribution in [1.82, 2.24) is 10.9 Å². The second-order valence-corrected chi connectivity index (χ2v) is 3.54. The molecule has 5 nitrogen and oxygen atoms in total. The lowest BCUT2D eigenvalue weighted by molar-refractivity contribution is -0.131. The zero-order valence-corrected chi connectivity index (χ0v) is 7.92. The highest BCUT2D eigenvalue weighted by Gasteiger charge is 2.08. The van der Waals surface area contributed by atoms with E-state index in [2.05, 4.69) is 10.9 Å². The molecule has 0 atom stereocenters. The molecule has 0 bridgehead atoms. The Labute approximate surface area is 76.8 Å². The molecule has 0 spiro atoms. The molecule has 0 unspecified atom stereocenters. The van der Waals surface area contributed by atoms with Crippen LogP contribution >= 0.6 is 0 Å². The summed E-state index contributed by atoms with van der Waals surface area (Å²) in [5.41, 5.74) is 4.80. The quantitative estimate of drug-likeness (QED) is 0.429. The van der Waals surface area contributed by atoms with Crippen LogP contribution in [0, 0.1) is 0 Å². The van der Waals surface area contributed by atoms with Crippen molar-refractivity contribution in [1.29, 1.82) is 0 Å². The van der Waals surface area contributed by atoms with Gasteiger partial charge in [0, 0.05) is 17.7 Å². The standard InChI is InChI=1S/C8H14N2O3/c1-8(2,3)10-9-6(11)4-5-7(12)13/h4-5,10H,1-3H3,(H,9,11)(H,12,13)/b5-4-. The van der Waals surface area contributed by atoms with Crippen LogP contribution in [0.5, 0.6) is 0 Å². The van der Waals surface area contributed by atoms with Gasteiger partial charge in [-0.15, -0.1) is 0 Å². The number of carboxylic acids is 1. The summed E-state index contributed by atoms with van der Waals surface area (Å²) in [5, 5.41) is 8.20. The molecule has 0 aliphatic rings. The van der Waals surface area contributed by atoms with Crippen molar-refractivity contribution in [3.63, 3.8) is 0 Å². The van der Waals surface area contributed by atoms with Gasteiger partial charge in [-0.1, -0.05) is 0 Å². The van der Waals surface area contributed by atoms with Gasteiger partial charge >= 0.3 is 5.97 Å². The molecular formula is C8H14N2O3. The maximum Gasteiger partial charge on any atom is 0.328 e. The summed E-state index contributed by atoms with van der Waals surface area (Å²) in [6.45, 7) is 5.61. The number of aliphatic carboxylic acids is 1. The highest BCUT2D eigenvalue weighted by molar-refractivity contribution is 5.93. The molecular weight excluding hydrogens is 172 g/mol. The third kappa shape index (κ3) is 8.55. The van der Waals surface area contributed by atoms with Crippen LogP contribution < -0.4 is 10.9 Å². The Morgan fingerprint density at radius 2 is 1.77 bits per heavy atom. The molecule has 0 aliphatic carbocycles. The van der Waals surface area contributed by atoms with Gasteiger partial charge in [-0.3, -0.25) is 10.2 Å². The van der Waals surface area contributed by atoms with Crippen molar-refractivity contribution in [2.75, 3.05) is 0 Å². The molecule has 0 rings (SSSR count). The summed E-state index contributed by atoms with van der Waals surface area (Å²) >= 11 is 0. The Morgan fingerprint density at radius 1 is 1.23 bits per heavy atom. The van der Waals surface area contributed by atoms with Crippen LogP contribution in [0.15, 0.2) is 12.2 Å². The van der Waals surface area contributed by atoms with Crippen molar-refractivity contribution in [2.24, 2.45) is 0 Å². The van der Waals surface area contributed by atoms with E-state index in [1.54, 1.807) is 0 Å². The number of carbonyl (C=O) groups is 2. The first-order valence-corrected chi connectivity index (χ1v) is 3.79. The third-order valence-corrected chi connectivity index (χ3v) is 0.938. The third-order valence-electron chi connectivity index (χ3n) is 0.938. The van der Waals surface area contributed by atoms with Crippen molar-refractivity contribution in [3.8, 4) is 0 Å². The van der Waals surface area contributed by atoms with E-state index in [1.807, 2.05) is 20.8 Å². The molecule has 0 radical (unpaired) electrons. The van der Waals surface area contributed by atoms with E-state index < -0.39 is 11.9 Å². The Hall–Kier alpha value is -1.36. The molecule has 0 saturated carbocycles. The lowest BCUT2D eigenvalue weighted by atomic mass is 10.1. The molecule has 74 valence electrons. The van der Waals surface area contributed by atoms with E-state index in [-0.39, 0.29) is 5.54 Å². The number of amides is 1. The molecule has 0 aliphatic heterocycles. The minimum Gasteiger partial charge on any atom is -0.478 e. The highest BCUT2D eigenvalue weighted by Crippen LogP contribution is 1.94. The number of hydrogen-bond donors (Lipinski definition) is 3. The lowest BCUT2D eigenvalue weighted by Gasteiger charge is -2.20. The van der Waals surface area contributed by atoms with Crippen molar-refractivity contribution >= 4 is 11.9 Å². The SMILES string of the molecule is CC(C)(C)NNC(=O)/C=C\C(=O)O. The number of nitrogens with one attached hydrogen (secondary N) is 2. The van der Waals surface area contributed by atoms with Gasteiger partial charge in [0.2, 0.25) is 0 Å². The number of hydrogen-bond acceptors (Lipinski definition) is 3. The maximum atomic E-state index is 10.9. The fourth-order valence-corrected chi connectivity index (χ4v) is 0.438. The first-order chi connectivity index (χ1) is 5.81. The van der Waals surface area contributed by atoms with Gasteiger partial charge in [0.1, 0.15) is 0 Å². The smallest absolute Gasteiger partial charge is 0.328 e. The molecule has 1 amide bonds. The van der Waals surface area contributed by atoms with Crippen LogP contribution in [-0.2, 0) is 9.59 Å². The van der Waals surface area contributed by atoms with Crippen LogP contribution in [0.3, 0.4) is 0 Å². The predicted octanol–water partition coefficient (Wildman–Crippen LogP) is 0.0465. The van der Waals surface area contributed by atoms with E-state index in [4.69, 9.17) is 5.11 Å². The number of rotatable bonds is 3. The van der Waals surface area contributed by atoms with E-state index in [0.29, 0.717) is 0 Å². The number of carboxylic acid groups (broad SMARTS) is 1. The summed E-state index contributed by atoms with van der Waals surface area (Å²) in [7, 11) is 0. The summed E-state index contributed by atoms with van der Waals surface area (Å²) in [5.74, 6) is -1.64. The Balaban J connectivity index is 3.83. The molecule has 0 aromatic heterocycles. The summed E-state index contributed by atoms with van der Waals surface area (Å²) in [6.07, 6.45) is 1.72. The fraction of sp³-hybridized carbons (Fsp3) is 0.500. The van der Waals surface area contributed by atoms with Gasteiger partial charge in [-0.2, -0.15) is 0 Å². The first kappa shape index (κ1) is 11.6. The van der Waals surface area contributed by atoms with Crippen molar-refractivity contribution in [3.05, 3.63) is 12.2 Å². The van der Waals surface area contributed by atoms with E-state index in [9.17, 15) is 9.59 Å².